The van der Waals surface area contributed by atoms with Gasteiger partial charge in [-0.1, -0.05) is 0 Å². The maximum absolute atomic E-state index is 10.5. The highest BCUT2D eigenvalue weighted by molar-refractivity contribution is 5.67. The minimum atomic E-state index is -0.724. The fourth-order valence-corrected chi connectivity index (χ4v) is 1.75. The largest absolute Gasteiger partial charge is 0.481 e. The third-order valence-electron chi connectivity index (χ3n) is 2.51. The highest BCUT2D eigenvalue weighted by Gasteiger charge is 2.29. The highest BCUT2D eigenvalue weighted by Crippen LogP contribution is 2.24. The van der Waals surface area contributed by atoms with Crippen LogP contribution in [0.5, 0.6) is 0 Å². The first-order valence-corrected chi connectivity index (χ1v) is 4.91. The number of nitrogens with zero attached hydrogens (tertiary/aromatic N) is 3. The summed E-state index contributed by atoms with van der Waals surface area (Å²) < 4.78 is 0. The molecule has 0 aromatic carbocycles. The predicted octanol–water partition coefficient (Wildman–Crippen LogP) is 0.696. The zero-order valence-electron chi connectivity index (χ0n) is 8.55. The summed E-state index contributed by atoms with van der Waals surface area (Å²) >= 11 is 0. The lowest BCUT2D eigenvalue weighted by molar-refractivity contribution is -0.138. The van der Waals surface area contributed by atoms with E-state index in [1.54, 1.807) is 6.20 Å². The van der Waals surface area contributed by atoms with Crippen LogP contribution in [0.4, 0.5) is 5.82 Å². The van der Waals surface area contributed by atoms with Crippen molar-refractivity contribution in [3.05, 3.63) is 18.1 Å². The van der Waals surface area contributed by atoms with Gasteiger partial charge in [0.05, 0.1) is 6.42 Å². The molecule has 0 spiro atoms. The van der Waals surface area contributed by atoms with Gasteiger partial charge in [0.1, 0.15) is 11.6 Å². The van der Waals surface area contributed by atoms with Gasteiger partial charge in [0.2, 0.25) is 0 Å². The van der Waals surface area contributed by atoms with Crippen molar-refractivity contribution in [1.82, 2.24) is 9.97 Å². The van der Waals surface area contributed by atoms with Crippen LogP contribution in [0.2, 0.25) is 0 Å². The Bertz CT molecular complexity index is 375. The molecule has 0 saturated carbocycles. The van der Waals surface area contributed by atoms with Gasteiger partial charge >= 0.3 is 5.97 Å². The fraction of sp³-hybridized carbons (Fsp3) is 0.500. The summed E-state index contributed by atoms with van der Waals surface area (Å²) in [6.07, 6.45) is 1.97. The van der Waals surface area contributed by atoms with E-state index >= 15 is 0 Å². The number of aryl methyl sites for hydroxylation is 1. The van der Waals surface area contributed by atoms with Crippen LogP contribution in [0.25, 0.3) is 0 Å². The lowest BCUT2D eigenvalue weighted by Gasteiger charge is -2.39. The molecule has 15 heavy (non-hydrogen) atoms. The average Bonchev–Trinajstić information content (AvgIpc) is 2.10. The summed E-state index contributed by atoms with van der Waals surface area (Å²) in [5, 5.41) is 8.61. The van der Waals surface area contributed by atoms with E-state index in [1.807, 2.05) is 13.0 Å². The Hall–Kier alpha value is -1.65. The normalized spacial score (nSPS) is 16.2. The number of carbonyl (C=O) groups is 1. The maximum atomic E-state index is 10.5. The predicted molar refractivity (Wildman–Crippen MR) is 54.7 cm³/mol. The van der Waals surface area contributed by atoms with Gasteiger partial charge in [-0.3, -0.25) is 4.79 Å². The summed E-state index contributed by atoms with van der Waals surface area (Å²) in [6.45, 7) is 3.41. The van der Waals surface area contributed by atoms with Gasteiger partial charge < -0.3 is 10.0 Å². The summed E-state index contributed by atoms with van der Waals surface area (Å²) in [5.41, 5.74) is 0. The molecule has 1 saturated heterocycles. The molecule has 1 fully saturated rings. The van der Waals surface area contributed by atoms with Crippen LogP contribution in [-0.2, 0) is 4.79 Å². The second kappa shape index (κ2) is 3.84. The molecule has 2 heterocycles. The van der Waals surface area contributed by atoms with Crippen molar-refractivity contribution < 1.29 is 9.90 Å². The highest BCUT2D eigenvalue weighted by atomic mass is 16.4. The van der Waals surface area contributed by atoms with Crippen molar-refractivity contribution in [1.29, 1.82) is 0 Å². The quantitative estimate of drug-likeness (QED) is 0.790. The van der Waals surface area contributed by atoms with Gasteiger partial charge in [-0.25, -0.2) is 9.97 Å². The molecule has 0 radical (unpaired) electrons. The van der Waals surface area contributed by atoms with Gasteiger partial charge in [0.25, 0.3) is 0 Å². The number of aromatic nitrogens is 2. The topological polar surface area (TPSA) is 66.3 Å². The second-order valence-electron chi connectivity index (χ2n) is 3.83. The molecule has 0 bridgehead atoms. The Morgan fingerprint density at radius 2 is 2.40 bits per heavy atom. The smallest absolute Gasteiger partial charge is 0.303 e. The lowest BCUT2D eigenvalue weighted by Crippen LogP contribution is -2.48. The Morgan fingerprint density at radius 1 is 1.67 bits per heavy atom. The second-order valence-corrected chi connectivity index (χ2v) is 3.83. The summed E-state index contributed by atoms with van der Waals surface area (Å²) in [6, 6.07) is 1.85. The zero-order valence-corrected chi connectivity index (χ0v) is 8.55. The molecule has 0 aliphatic carbocycles. The third kappa shape index (κ3) is 2.23. The SMILES string of the molecule is Cc1nccc(N2CC(CC(=O)O)C2)n1. The fourth-order valence-electron chi connectivity index (χ4n) is 1.75. The molecule has 1 N–H and O–H groups in total. The molecule has 0 amide bonds. The molecule has 1 aromatic heterocycles. The maximum Gasteiger partial charge on any atom is 0.303 e. The third-order valence-corrected chi connectivity index (χ3v) is 2.51. The van der Waals surface area contributed by atoms with Crippen LogP contribution in [-0.4, -0.2) is 34.1 Å². The first-order valence-electron chi connectivity index (χ1n) is 4.91. The number of aliphatic carboxylic acids is 1. The molecule has 0 atom stereocenters. The molecule has 2 rings (SSSR count). The van der Waals surface area contributed by atoms with Crippen molar-refractivity contribution in [2.45, 2.75) is 13.3 Å². The van der Waals surface area contributed by atoms with E-state index < -0.39 is 5.97 Å². The molecule has 1 aromatic rings. The van der Waals surface area contributed by atoms with Crippen LogP contribution in [0.15, 0.2) is 12.3 Å². The number of rotatable bonds is 3. The van der Waals surface area contributed by atoms with Gasteiger partial charge in [-0.2, -0.15) is 0 Å². The zero-order chi connectivity index (χ0) is 10.8. The molecule has 1 aliphatic rings. The van der Waals surface area contributed by atoms with Gasteiger partial charge in [-0.15, -0.1) is 0 Å². The van der Waals surface area contributed by atoms with Crippen LogP contribution >= 0.6 is 0 Å². The Labute approximate surface area is 87.8 Å². The minimum absolute atomic E-state index is 0.251. The van der Waals surface area contributed by atoms with E-state index in [9.17, 15) is 4.79 Å². The molecule has 0 unspecified atom stereocenters. The molecular formula is C10H13N3O2. The first-order chi connectivity index (χ1) is 7.15. The van der Waals surface area contributed by atoms with Crippen molar-refractivity contribution in [3.63, 3.8) is 0 Å². The standard InChI is InChI=1S/C10H13N3O2/c1-7-11-3-2-9(12-7)13-5-8(6-13)4-10(14)15/h2-3,8H,4-6H2,1H3,(H,14,15). The van der Waals surface area contributed by atoms with E-state index in [0.29, 0.717) is 0 Å². The van der Waals surface area contributed by atoms with E-state index in [-0.39, 0.29) is 12.3 Å². The molecular weight excluding hydrogens is 194 g/mol. The van der Waals surface area contributed by atoms with Crippen LogP contribution in [0, 0.1) is 12.8 Å². The summed E-state index contributed by atoms with van der Waals surface area (Å²) in [4.78, 5) is 20.8. The van der Waals surface area contributed by atoms with E-state index in [0.717, 1.165) is 24.7 Å². The Kier molecular flexibility index (Phi) is 2.53. The lowest BCUT2D eigenvalue weighted by atomic mass is 9.96. The Balaban J connectivity index is 1.92. The molecule has 80 valence electrons. The van der Waals surface area contributed by atoms with E-state index in [1.165, 1.54) is 0 Å². The number of anilines is 1. The van der Waals surface area contributed by atoms with Crippen LogP contribution in [0.3, 0.4) is 0 Å². The van der Waals surface area contributed by atoms with Crippen LogP contribution < -0.4 is 4.90 Å². The Morgan fingerprint density at radius 3 is 3.00 bits per heavy atom. The average molecular weight is 207 g/mol. The number of hydrogen-bond acceptors (Lipinski definition) is 4. The molecule has 1 aliphatic heterocycles. The summed E-state index contributed by atoms with van der Waals surface area (Å²) in [7, 11) is 0. The first kappa shape index (κ1) is 9.89. The minimum Gasteiger partial charge on any atom is -0.481 e. The molecule has 5 heteroatoms. The monoisotopic (exact) mass is 207 g/mol. The number of carboxylic acids is 1. The van der Waals surface area contributed by atoms with Crippen molar-refractivity contribution in [2.24, 2.45) is 5.92 Å². The van der Waals surface area contributed by atoms with Gasteiger partial charge in [-0.05, 0) is 13.0 Å². The number of carboxylic acid groups (broad SMARTS) is 1. The number of hydrogen-bond donors (Lipinski definition) is 1. The van der Waals surface area contributed by atoms with Gasteiger partial charge in [0, 0.05) is 25.2 Å². The molecule has 5 nitrogen and oxygen atoms in total. The van der Waals surface area contributed by atoms with Gasteiger partial charge in [0.15, 0.2) is 0 Å². The van der Waals surface area contributed by atoms with Crippen LogP contribution in [0.1, 0.15) is 12.2 Å². The van der Waals surface area contributed by atoms with Crippen molar-refractivity contribution >= 4 is 11.8 Å². The summed E-state index contributed by atoms with van der Waals surface area (Å²) in [5.74, 6) is 1.18. The van der Waals surface area contributed by atoms with E-state index in [2.05, 4.69) is 14.9 Å². The van der Waals surface area contributed by atoms with Crippen molar-refractivity contribution in [2.75, 3.05) is 18.0 Å². The van der Waals surface area contributed by atoms with E-state index in [4.69, 9.17) is 5.11 Å². The van der Waals surface area contributed by atoms with Crippen molar-refractivity contribution in [3.8, 4) is 0 Å².